The molecule has 1 aliphatic carbocycles. The van der Waals surface area contributed by atoms with Gasteiger partial charge in [-0.2, -0.15) is 0 Å². The Kier molecular flexibility index (Phi) is 6.46. The van der Waals surface area contributed by atoms with Crippen LogP contribution in [0.3, 0.4) is 0 Å². The third-order valence-electron chi connectivity index (χ3n) is 3.86. The molecule has 0 unspecified atom stereocenters. The van der Waals surface area contributed by atoms with Crippen molar-refractivity contribution in [3.63, 3.8) is 0 Å². The van der Waals surface area contributed by atoms with Crippen LogP contribution in [0.4, 0.5) is 0 Å². The molecule has 0 saturated carbocycles. The van der Waals surface area contributed by atoms with Gasteiger partial charge in [0, 0.05) is 24.1 Å². The van der Waals surface area contributed by atoms with E-state index in [1.54, 1.807) is 12.1 Å². The number of ether oxygens (including phenoxy) is 1. The second-order valence-electron chi connectivity index (χ2n) is 5.72. The van der Waals surface area contributed by atoms with E-state index >= 15 is 0 Å². The Morgan fingerprint density at radius 3 is 2.68 bits per heavy atom. The molecule has 2 atom stereocenters. The van der Waals surface area contributed by atoms with Crippen LogP contribution in [0.5, 0.6) is 5.75 Å². The number of rotatable bonds is 8. The first kappa shape index (κ1) is 16.6. The Labute approximate surface area is 132 Å². The molecule has 0 heterocycles. The number of unbranched alkanes of at least 4 members (excludes halogenated alkanes) is 2. The summed E-state index contributed by atoms with van der Waals surface area (Å²) in [7, 11) is 0. The van der Waals surface area contributed by atoms with Gasteiger partial charge >= 0.3 is 0 Å². The molecule has 2 rings (SSSR count). The number of benzene rings is 1. The van der Waals surface area contributed by atoms with Gasteiger partial charge in [-0.25, -0.2) is 0 Å². The van der Waals surface area contributed by atoms with E-state index in [-0.39, 0.29) is 24.5 Å². The van der Waals surface area contributed by atoms with Crippen LogP contribution in [0.25, 0.3) is 0 Å². The van der Waals surface area contributed by atoms with Crippen molar-refractivity contribution in [3.8, 4) is 5.75 Å². The first-order chi connectivity index (χ1) is 10.7. The molecule has 1 amide bonds. The summed E-state index contributed by atoms with van der Waals surface area (Å²) in [5.74, 6) is 0.865. The Morgan fingerprint density at radius 2 is 2.05 bits per heavy atom. The van der Waals surface area contributed by atoms with Gasteiger partial charge in [-0.3, -0.25) is 4.79 Å². The van der Waals surface area contributed by atoms with Gasteiger partial charge in [0.25, 0.3) is 5.91 Å². The highest BCUT2D eigenvalue weighted by Crippen LogP contribution is 2.18. The third kappa shape index (κ3) is 4.88. The largest absolute Gasteiger partial charge is 0.494 e. The topological polar surface area (TPSA) is 58.6 Å². The van der Waals surface area contributed by atoms with Gasteiger partial charge in [0.2, 0.25) is 0 Å². The molecular formula is C18H25NO3. The Hall–Kier alpha value is -1.81. The van der Waals surface area contributed by atoms with Crippen molar-refractivity contribution in [2.24, 2.45) is 5.92 Å². The van der Waals surface area contributed by atoms with Crippen LogP contribution in [0.2, 0.25) is 0 Å². The van der Waals surface area contributed by atoms with Crippen LogP contribution in [0.15, 0.2) is 36.4 Å². The van der Waals surface area contributed by atoms with E-state index in [9.17, 15) is 4.79 Å². The van der Waals surface area contributed by atoms with Crippen LogP contribution < -0.4 is 10.1 Å². The Balaban J connectivity index is 1.80. The van der Waals surface area contributed by atoms with E-state index in [0.29, 0.717) is 5.56 Å². The van der Waals surface area contributed by atoms with E-state index in [1.165, 1.54) is 12.8 Å². The molecule has 0 fully saturated rings. The van der Waals surface area contributed by atoms with Crippen molar-refractivity contribution in [1.82, 2.24) is 5.32 Å². The van der Waals surface area contributed by atoms with E-state index in [4.69, 9.17) is 9.84 Å². The number of amides is 1. The minimum Gasteiger partial charge on any atom is -0.494 e. The van der Waals surface area contributed by atoms with Gasteiger partial charge in [-0.1, -0.05) is 31.9 Å². The molecular weight excluding hydrogens is 278 g/mol. The Morgan fingerprint density at radius 1 is 1.27 bits per heavy atom. The molecule has 1 aliphatic rings. The normalized spacial score (nSPS) is 20.1. The molecule has 2 N–H and O–H groups in total. The third-order valence-corrected chi connectivity index (χ3v) is 3.86. The molecule has 0 bridgehead atoms. The average molecular weight is 303 g/mol. The molecule has 1 aromatic rings. The highest BCUT2D eigenvalue weighted by atomic mass is 16.5. The summed E-state index contributed by atoms with van der Waals surface area (Å²) in [6.07, 6.45) is 8.07. The minimum atomic E-state index is -0.0919. The number of hydrogen-bond acceptors (Lipinski definition) is 3. The quantitative estimate of drug-likeness (QED) is 0.573. The Bertz CT molecular complexity index is 496. The monoisotopic (exact) mass is 303 g/mol. The molecule has 1 aromatic carbocycles. The van der Waals surface area contributed by atoms with Gasteiger partial charge < -0.3 is 15.2 Å². The summed E-state index contributed by atoms with van der Waals surface area (Å²) >= 11 is 0. The van der Waals surface area contributed by atoms with Gasteiger partial charge in [0.1, 0.15) is 5.75 Å². The molecule has 0 aliphatic heterocycles. The van der Waals surface area contributed by atoms with Crippen LogP contribution in [0, 0.1) is 5.92 Å². The van der Waals surface area contributed by atoms with Crippen LogP contribution in [-0.2, 0) is 0 Å². The second kappa shape index (κ2) is 8.59. The zero-order valence-electron chi connectivity index (χ0n) is 13.1. The van der Waals surface area contributed by atoms with Crippen molar-refractivity contribution in [3.05, 3.63) is 42.0 Å². The lowest BCUT2D eigenvalue weighted by Crippen LogP contribution is -2.32. The predicted octanol–water partition coefficient (Wildman–Crippen LogP) is 2.92. The van der Waals surface area contributed by atoms with Crippen molar-refractivity contribution in [1.29, 1.82) is 0 Å². The molecule has 0 aromatic heterocycles. The number of carbonyl (C=O) groups excluding carboxylic acids is 1. The fourth-order valence-electron chi connectivity index (χ4n) is 2.51. The van der Waals surface area contributed by atoms with Crippen molar-refractivity contribution in [2.45, 2.75) is 38.6 Å². The fourth-order valence-corrected chi connectivity index (χ4v) is 2.51. The van der Waals surface area contributed by atoms with Gasteiger partial charge in [-0.15, -0.1) is 0 Å². The van der Waals surface area contributed by atoms with Gasteiger partial charge in [-0.05, 0) is 37.1 Å². The average Bonchev–Trinajstić information content (AvgIpc) is 3.00. The van der Waals surface area contributed by atoms with E-state index < -0.39 is 0 Å². The number of aliphatic hydroxyl groups is 1. The zero-order chi connectivity index (χ0) is 15.8. The lowest BCUT2D eigenvalue weighted by molar-refractivity contribution is 0.0941. The number of hydrogen-bond donors (Lipinski definition) is 2. The van der Waals surface area contributed by atoms with E-state index in [1.807, 2.05) is 24.3 Å². The maximum atomic E-state index is 12.2. The maximum Gasteiger partial charge on any atom is 0.251 e. The molecule has 120 valence electrons. The number of aliphatic hydroxyl groups excluding tert-OH is 1. The molecule has 0 spiro atoms. The second-order valence-corrected chi connectivity index (χ2v) is 5.72. The highest BCUT2D eigenvalue weighted by Gasteiger charge is 2.20. The first-order valence-electron chi connectivity index (χ1n) is 8.06. The first-order valence-corrected chi connectivity index (χ1v) is 8.06. The molecule has 0 saturated heterocycles. The van der Waals surface area contributed by atoms with Gasteiger partial charge in [0.05, 0.1) is 6.61 Å². The fraction of sp³-hybridized carbons (Fsp3) is 0.500. The van der Waals surface area contributed by atoms with Gasteiger partial charge in [0.15, 0.2) is 0 Å². The standard InChI is InChI=1S/C18H25NO3/c1-2-3-4-11-22-17-9-6-15(7-10-17)18(21)19-16-8-5-14(12-16)13-20/h5-10,14,16,20H,2-4,11-13H2,1H3,(H,19,21)/t14-,16+/m0/s1. The van der Waals surface area contributed by atoms with Crippen LogP contribution in [0.1, 0.15) is 43.0 Å². The summed E-state index contributed by atoms with van der Waals surface area (Å²) in [5, 5.41) is 12.1. The van der Waals surface area contributed by atoms with E-state index in [2.05, 4.69) is 12.2 Å². The number of carbonyl (C=O) groups is 1. The molecule has 0 radical (unpaired) electrons. The summed E-state index contributed by atoms with van der Waals surface area (Å²) in [6, 6.07) is 7.25. The minimum absolute atomic E-state index is 0.00891. The van der Waals surface area contributed by atoms with Crippen LogP contribution >= 0.6 is 0 Å². The van der Waals surface area contributed by atoms with Crippen molar-refractivity contribution >= 4 is 5.91 Å². The maximum absolute atomic E-state index is 12.2. The molecule has 4 heteroatoms. The SMILES string of the molecule is CCCCCOc1ccc(C(=O)N[C@@H]2C=C[C@H](CO)C2)cc1. The molecule has 4 nitrogen and oxygen atoms in total. The summed E-state index contributed by atoms with van der Waals surface area (Å²) in [6.45, 7) is 3.01. The van der Waals surface area contributed by atoms with Crippen LogP contribution in [-0.4, -0.2) is 30.3 Å². The molecule has 22 heavy (non-hydrogen) atoms. The lowest BCUT2D eigenvalue weighted by Gasteiger charge is -2.13. The summed E-state index contributed by atoms with van der Waals surface area (Å²) in [5.41, 5.74) is 0.627. The summed E-state index contributed by atoms with van der Waals surface area (Å²) < 4.78 is 5.63. The van der Waals surface area contributed by atoms with Crippen molar-refractivity contribution in [2.75, 3.05) is 13.2 Å². The summed E-state index contributed by atoms with van der Waals surface area (Å²) in [4.78, 5) is 12.2. The van der Waals surface area contributed by atoms with E-state index in [0.717, 1.165) is 25.2 Å². The predicted molar refractivity (Wildman–Crippen MR) is 87.0 cm³/mol. The zero-order valence-corrected chi connectivity index (χ0v) is 13.1. The van der Waals surface area contributed by atoms with Crippen molar-refractivity contribution < 1.29 is 14.6 Å². The lowest BCUT2D eigenvalue weighted by atomic mass is 10.1. The smallest absolute Gasteiger partial charge is 0.251 e. The highest BCUT2D eigenvalue weighted by molar-refractivity contribution is 5.94. The number of nitrogens with one attached hydrogen (secondary N) is 1.